The van der Waals surface area contributed by atoms with Gasteiger partial charge < -0.3 is 4.74 Å². The quantitative estimate of drug-likeness (QED) is 0.793. The Morgan fingerprint density at radius 2 is 1.72 bits per heavy atom. The molecule has 1 aromatic carbocycles. The third kappa shape index (κ3) is 2.95. The van der Waals surface area contributed by atoms with Gasteiger partial charge in [0.05, 0.1) is 25.3 Å². The Bertz CT molecular complexity index is 655. The van der Waals surface area contributed by atoms with Gasteiger partial charge in [-0.1, -0.05) is 12.8 Å². The van der Waals surface area contributed by atoms with E-state index in [0.29, 0.717) is 24.1 Å². The minimum atomic E-state index is -0.277. The molecular weight excluding hydrogens is 316 g/mol. The molecule has 0 aromatic heterocycles. The maximum absolute atomic E-state index is 13.1. The van der Waals surface area contributed by atoms with Gasteiger partial charge in [-0.15, -0.1) is 0 Å². The Labute approximate surface area is 148 Å². The summed E-state index contributed by atoms with van der Waals surface area (Å²) in [6.07, 6.45) is 7.73. The van der Waals surface area contributed by atoms with Gasteiger partial charge in [-0.25, -0.2) is 4.90 Å². The van der Waals surface area contributed by atoms with Gasteiger partial charge in [-0.05, 0) is 62.4 Å². The third-order valence-corrected chi connectivity index (χ3v) is 6.14. The van der Waals surface area contributed by atoms with Crippen LogP contribution in [0.2, 0.25) is 0 Å². The molecule has 0 unspecified atom stereocenters. The molecule has 0 radical (unpaired) electrons. The van der Waals surface area contributed by atoms with Crippen LogP contribution < -0.4 is 9.64 Å². The largest absolute Gasteiger partial charge is 0.497 e. The van der Waals surface area contributed by atoms with E-state index >= 15 is 0 Å². The zero-order chi connectivity index (χ0) is 17.4. The average Bonchev–Trinajstić information content (AvgIpc) is 2.95. The summed E-state index contributed by atoms with van der Waals surface area (Å²) in [6, 6.07) is 7.37. The standard InChI is InChI=1S/C20H26N2O3/c1-25-16-10-8-15(9-11-16)22-19(23)13-18(20(22)24)21-12-4-6-14-5-2-3-7-17(14)21/h8-11,14,17-18H,2-7,12-13H2,1H3/t14-,17+,18-/m0/s1. The lowest BCUT2D eigenvalue weighted by atomic mass is 9.77. The summed E-state index contributed by atoms with van der Waals surface area (Å²) in [6.45, 7) is 0.946. The minimum absolute atomic E-state index is 0.0543. The first-order chi connectivity index (χ1) is 12.2. The maximum Gasteiger partial charge on any atom is 0.251 e. The minimum Gasteiger partial charge on any atom is -0.497 e. The molecule has 0 bridgehead atoms. The van der Waals surface area contributed by atoms with Crippen LogP contribution in [0.15, 0.2) is 24.3 Å². The predicted octanol–water partition coefficient (Wildman–Crippen LogP) is 2.98. The molecule has 3 fully saturated rings. The summed E-state index contributed by atoms with van der Waals surface area (Å²) in [7, 11) is 1.61. The zero-order valence-corrected chi connectivity index (χ0v) is 14.8. The van der Waals surface area contributed by atoms with Crippen LogP contribution in [0, 0.1) is 5.92 Å². The number of imide groups is 1. The van der Waals surface area contributed by atoms with Gasteiger partial charge in [0.1, 0.15) is 5.75 Å². The van der Waals surface area contributed by atoms with Crippen LogP contribution in [-0.4, -0.2) is 42.5 Å². The Morgan fingerprint density at radius 3 is 2.48 bits per heavy atom. The molecule has 1 saturated carbocycles. The van der Waals surface area contributed by atoms with E-state index in [0.717, 1.165) is 18.7 Å². The van der Waals surface area contributed by atoms with Crippen molar-refractivity contribution >= 4 is 17.5 Å². The second kappa shape index (κ2) is 6.79. The van der Waals surface area contributed by atoms with Gasteiger partial charge >= 0.3 is 0 Å². The summed E-state index contributed by atoms with van der Waals surface area (Å²) in [5.41, 5.74) is 0.649. The van der Waals surface area contributed by atoms with E-state index in [9.17, 15) is 9.59 Å². The number of carbonyl (C=O) groups is 2. The van der Waals surface area contributed by atoms with Crippen molar-refractivity contribution in [1.29, 1.82) is 0 Å². The number of methoxy groups -OCH3 is 1. The molecule has 5 nitrogen and oxygen atoms in total. The highest BCUT2D eigenvalue weighted by Crippen LogP contribution is 2.38. The first-order valence-electron chi connectivity index (χ1n) is 9.45. The van der Waals surface area contributed by atoms with Gasteiger partial charge in [-0.2, -0.15) is 0 Å². The van der Waals surface area contributed by atoms with Crippen molar-refractivity contribution in [3.05, 3.63) is 24.3 Å². The first kappa shape index (κ1) is 16.6. The Morgan fingerprint density at radius 1 is 1.00 bits per heavy atom. The van der Waals surface area contributed by atoms with E-state index in [1.807, 2.05) is 0 Å². The van der Waals surface area contributed by atoms with E-state index in [-0.39, 0.29) is 17.9 Å². The van der Waals surface area contributed by atoms with Gasteiger partial charge in [0.2, 0.25) is 5.91 Å². The molecule has 1 aromatic rings. The summed E-state index contributed by atoms with van der Waals surface area (Å²) in [4.78, 5) is 29.4. The monoisotopic (exact) mass is 342 g/mol. The van der Waals surface area contributed by atoms with Crippen molar-refractivity contribution < 1.29 is 14.3 Å². The molecular formula is C20H26N2O3. The molecule has 134 valence electrons. The number of nitrogens with zero attached hydrogens (tertiary/aromatic N) is 2. The van der Waals surface area contributed by atoms with Crippen molar-refractivity contribution in [3.8, 4) is 5.75 Å². The Kier molecular flexibility index (Phi) is 4.50. The summed E-state index contributed by atoms with van der Waals surface area (Å²) < 4.78 is 5.16. The van der Waals surface area contributed by atoms with Crippen LogP contribution in [0.5, 0.6) is 5.75 Å². The molecule has 0 N–H and O–H groups in total. The predicted molar refractivity (Wildman–Crippen MR) is 95.6 cm³/mol. The van der Waals surface area contributed by atoms with Crippen molar-refractivity contribution in [1.82, 2.24) is 4.90 Å². The lowest BCUT2D eigenvalue weighted by Crippen LogP contribution is -2.54. The molecule has 3 atom stereocenters. The smallest absolute Gasteiger partial charge is 0.251 e. The Balaban J connectivity index is 1.55. The summed E-state index contributed by atoms with van der Waals surface area (Å²) in [5.74, 6) is 1.29. The average molecular weight is 342 g/mol. The fraction of sp³-hybridized carbons (Fsp3) is 0.600. The fourth-order valence-electron chi connectivity index (χ4n) is 4.93. The van der Waals surface area contributed by atoms with Gasteiger partial charge in [0.15, 0.2) is 0 Å². The Hall–Kier alpha value is -1.88. The number of anilines is 1. The number of benzene rings is 1. The van der Waals surface area contributed by atoms with E-state index in [1.165, 1.54) is 37.0 Å². The number of carbonyl (C=O) groups excluding carboxylic acids is 2. The molecule has 4 rings (SSSR count). The summed E-state index contributed by atoms with van der Waals surface area (Å²) in [5, 5.41) is 0. The molecule has 2 heterocycles. The number of likely N-dealkylation sites (tertiary alicyclic amines) is 1. The van der Waals surface area contributed by atoms with Crippen LogP contribution >= 0.6 is 0 Å². The molecule has 2 aliphatic heterocycles. The van der Waals surface area contributed by atoms with Crippen LogP contribution in [0.3, 0.4) is 0 Å². The van der Waals surface area contributed by atoms with Crippen molar-refractivity contribution in [2.45, 2.75) is 57.0 Å². The number of hydrogen-bond donors (Lipinski definition) is 0. The lowest BCUT2D eigenvalue weighted by molar-refractivity contribution is -0.124. The first-order valence-corrected chi connectivity index (χ1v) is 9.45. The molecule has 5 heteroatoms. The van der Waals surface area contributed by atoms with Crippen LogP contribution in [-0.2, 0) is 9.59 Å². The third-order valence-electron chi connectivity index (χ3n) is 6.14. The SMILES string of the molecule is COc1ccc(N2C(=O)C[C@H](N3CCC[C@@H]4CCCC[C@H]43)C2=O)cc1. The van der Waals surface area contributed by atoms with E-state index in [1.54, 1.807) is 31.4 Å². The number of amides is 2. The maximum atomic E-state index is 13.1. The van der Waals surface area contributed by atoms with Crippen LogP contribution in [0.1, 0.15) is 44.9 Å². The van der Waals surface area contributed by atoms with Crippen molar-refractivity contribution in [2.75, 3.05) is 18.6 Å². The molecule has 3 aliphatic rings. The number of hydrogen-bond acceptors (Lipinski definition) is 4. The highest BCUT2D eigenvalue weighted by atomic mass is 16.5. The molecule has 0 spiro atoms. The lowest BCUT2D eigenvalue weighted by Gasteiger charge is -2.46. The van der Waals surface area contributed by atoms with Crippen molar-refractivity contribution in [2.24, 2.45) is 5.92 Å². The van der Waals surface area contributed by atoms with Crippen molar-refractivity contribution in [3.63, 3.8) is 0 Å². The van der Waals surface area contributed by atoms with Gasteiger partial charge in [-0.3, -0.25) is 14.5 Å². The van der Waals surface area contributed by atoms with E-state index in [2.05, 4.69) is 4.90 Å². The molecule has 2 saturated heterocycles. The highest BCUT2D eigenvalue weighted by molar-refractivity contribution is 6.22. The van der Waals surface area contributed by atoms with E-state index in [4.69, 9.17) is 4.74 Å². The molecule has 1 aliphatic carbocycles. The number of rotatable bonds is 3. The van der Waals surface area contributed by atoms with Gasteiger partial charge in [0.25, 0.3) is 5.91 Å². The molecule has 2 amide bonds. The number of ether oxygens (including phenoxy) is 1. The normalized spacial score (nSPS) is 30.4. The van der Waals surface area contributed by atoms with Crippen LogP contribution in [0.4, 0.5) is 5.69 Å². The zero-order valence-electron chi connectivity index (χ0n) is 14.8. The second-order valence-corrected chi connectivity index (χ2v) is 7.48. The second-order valence-electron chi connectivity index (χ2n) is 7.48. The topological polar surface area (TPSA) is 49.9 Å². The fourth-order valence-corrected chi connectivity index (χ4v) is 4.93. The number of piperidine rings is 1. The van der Waals surface area contributed by atoms with Gasteiger partial charge in [0, 0.05) is 6.04 Å². The highest BCUT2D eigenvalue weighted by Gasteiger charge is 2.47. The summed E-state index contributed by atoms with van der Waals surface area (Å²) >= 11 is 0. The van der Waals surface area contributed by atoms with E-state index < -0.39 is 0 Å². The number of fused-ring (bicyclic) bond motifs is 1. The molecule has 25 heavy (non-hydrogen) atoms. The van der Waals surface area contributed by atoms with Crippen LogP contribution in [0.25, 0.3) is 0 Å².